The van der Waals surface area contributed by atoms with E-state index in [0.717, 1.165) is 38.0 Å². The number of likely N-dealkylation sites (tertiary alicyclic amines) is 1. The van der Waals surface area contributed by atoms with Crippen LogP contribution < -0.4 is 10.6 Å². The monoisotopic (exact) mass is 370 g/mol. The predicted molar refractivity (Wildman–Crippen MR) is 103 cm³/mol. The quantitative estimate of drug-likeness (QED) is 0.741. The smallest absolute Gasteiger partial charge is 0.319 e. The molecule has 3 heterocycles. The lowest BCUT2D eigenvalue weighted by Crippen LogP contribution is -2.48. The number of carbonyl (C=O) groups excluding carboxylic acids is 1. The van der Waals surface area contributed by atoms with E-state index >= 15 is 0 Å². The van der Waals surface area contributed by atoms with Gasteiger partial charge < -0.3 is 10.6 Å². The van der Waals surface area contributed by atoms with Crippen LogP contribution in [0, 0.1) is 0 Å². The first-order valence-electron chi connectivity index (χ1n) is 8.80. The molecule has 3 aromatic rings. The normalized spacial score (nSPS) is 18.1. The van der Waals surface area contributed by atoms with Crippen molar-refractivity contribution in [2.45, 2.75) is 25.4 Å². The minimum Gasteiger partial charge on any atom is -0.334 e. The van der Waals surface area contributed by atoms with Gasteiger partial charge in [-0.3, -0.25) is 4.90 Å². The number of thiophene rings is 1. The van der Waals surface area contributed by atoms with Gasteiger partial charge >= 0.3 is 6.03 Å². The van der Waals surface area contributed by atoms with Gasteiger partial charge in [0.15, 0.2) is 0 Å². The van der Waals surface area contributed by atoms with E-state index in [2.05, 4.69) is 43.2 Å². The average Bonchev–Trinajstić information content (AvgIpc) is 3.24. The van der Waals surface area contributed by atoms with E-state index < -0.39 is 0 Å². The Morgan fingerprint density at radius 2 is 2.23 bits per heavy atom. The van der Waals surface area contributed by atoms with Crippen LogP contribution in [-0.2, 0) is 13.6 Å². The zero-order chi connectivity index (χ0) is 17.9. The van der Waals surface area contributed by atoms with E-state index in [1.807, 2.05) is 18.2 Å². The van der Waals surface area contributed by atoms with Crippen molar-refractivity contribution in [2.24, 2.45) is 7.05 Å². The molecule has 0 saturated carbocycles. The van der Waals surface area contributed by atoms with Gasteiger partial charge in [-0.05, 0) is 43.0 Å². The van der Waals surface area contributed by atoms with Gasteiger partial charge in [0, 0.05) is 31.1 Å². The van der Waals surface area contributed by atoms with Crippen LogP contribution in [0.2, 0.25) is 0 Å². The Morgan fingerprint density at radius 1 is 1.31 bits per heavy atom. The molecule has 2 aromatic heterocycles. The number of anilines is 1. The number of aryl methyl sites for hydroxylation is 1. The summed E-state index contributed by atoms with van der Waals surface area (Å²) in [5.74, 6) is 0. The fourth-order valence-corrected chi connectivity index (χ4v) is 4.17. The molecule has 136 valence electrons. The van der Waals surface area contributed by atoms with Crippen molar-refractivity contribution in [2.75, 3.05) is 18.4 Å². The molecule has 0 unspecified atom stereocenters. The second kappa shape index (κ2) is 7.43. The number of nitrogens with one attached hydrogen (secondary N) is 2. The highest BCUT2D eigenvalue weighted by Gasteiger charge is 2.22. The Morgan fingerprint density at radius 3 is 3.08 bits per heavy atom. The summed E-state index contributed by atoms with van der Waals surface area (Å²) < 4.78 is 0. The largest absolute Gasteiger partial charge is 0.334 e. The number of carbonyl (C=O) groups is 1. The maximum atomic E-state index is 12.5. The van der Waals surface area contributed by atoms with Crippen LogP contribution in [0.3, 0.4) is 0 Å². The first-order chi connectivity index (χ1) is 12.7. The number of urea groups is 1. The molecule has 1 fully saturated rings. The Bertz CT molecular complexity index is 890. The van der Waals surface area contributed by atoms with Crippen LogP contribution in [0.1, 0.15) is 17.7 Å². The Kier molecular flexibility index (Phi) is 4.85. The molecule has 0 aliphatic carbocycles. The standard InChI is InChI=1S/C18H22N6OS/c1-23-21-16-8-2-7-15(17(16)22-23)20-18(25)19-13-5-3-9-24(11-13)12-14-6-4-10-26-14/h2,4,6-8,10,13H,3,5,9,11-12H2,1H3,(H2,19,20,25)/t13-/m0/s1. The molecule has 4 rings (SSSR count). The lowest BCUT2D eigenvalue weighted by molar-refractivity contribution is 0.184. The van der Waals surface area contributed by atoms with Crippen molar-refractivity contribution in [1.82, 2.24) is 25.2 Å². The molecule has 0 radical (unpaired) electrons. The molecular weight excluding hydrogens is 348 g/mol. The number of hydrogen-bond donors (Lipinski definition) is 2. The van der Waals surface area contributed by atoms with Gasteiger partial charge in [0.05, 0.1) is 5.69 Å². The number of piperidine rings is 1. The van der Waals surface area contributed by atoms with Crippen molar-refractivity contribution in [3.63, 3.8) is 0 Å². The van der Waals surface area contributed by atoms with Crippen LogP contribution in [0.15, 0.2) is 35.7 Å². The van der Waals surface area contributed by atoms with Crippen molar-refractivity contribution >= 4 is 34.1 Å². The molecule has 26 heavy (non-hydrogen) atoms. The lowest BCUT2D eigenvalue weighted by atomic mass is 10.1. The highest BCUT2D eigenvalue weighted by molar-refractivity contribution is 7.09. The molecule has 1 saturated heterocycles. The average molecular weight is 370 g/mol. The Labute approximate surface area is 156 Å². The van der Waals surface area contributed by atoms with E-state index in [4.69, 9.17) is 0 Å². The van der Waals surface area contributed by atoms with Crippen molar-refractivity contribution in [1.29, 1.82) is 0 Å². The molecule has 2 N–H and O–H groups in total. The fraction of sp³-hybridized carbons (Fsp3) is 0.389. The second-order valence-corrected chi connectivity index (χ2v) is 7.65. The van der Waals surface area contributed by atoms with Crippen LogP contribution in [0.4, 0.5) is 10.5 Å². The number of aromatic nitrogens is 3. The Balaban J connectivity index is 1.36. The highest BCUT2D eigenvalue weighted by Crippen LogP contribution is 2.20. The van der Waals surface area contributed by atoms with E-state index in [9.17, 15) is 4.79 Å². The predicted octanol–water partition coefficient (Wildman–Crippen LogP) is 2.82. The molecule has 1 aliphatic heterocycles. The number of benzene rings is 1. The number of fused-ring (bicyclic) bond motifs is 1. The summed E-state index contributed by atoms with van der Waals surface area (Å²) in [6, 6.07) is 9.82. The van der Waals surface area contributed by atoms with Gasteiger partial charge in [-0.15, -0.1) is 11.3 Å². The fourth-order valence-electron chi connectivity index (χ4n) is 3.42. The topological polar surface area (TPSA) is 75.1 Å². The van der Waals surface area contributed by atoms with Crippen LogP contribution in [0.25, 0.3) is 11.0 Å². The summed E-state index contributed by atoms with van der Waals surface area (Å²) in [6.45, 7) is 2.91. The minimum atomic E-state index is -0.189. The van der Waals surface area contributed by atoms with Gasteiger partial charge in [0.25, 0.3) is 0 Å². The highest BCUT2D eigenvalue weighted by atomic mass is 32.1. The lowest BCUT2D eigenvalue weighted by Gasteiger charge is -2.32. The molecule has 8 heteroatoms. The van der Waals surface area contributed by atoms with Gasteiger partial charge in [-0.25, -0.2) is 4.79 Å². The summed E-state index contributed by atoms with van der Waals surface area (Å²) in [7, 11) is 1.77. The van der Waals surface area contributed by atoms with Crippen molar-refractivity contribution < 1.29 is 4.79 Å². The van der Waals surface area contributed by atoms with Crippen molar-refractivity contribution in [3.05, 3.63) is 40.6 Å². The summed E-state index contributed by atoms with van der Waals surface area (Å²) in [5, 5.41) is 16.7. The molecule has 2 amide bonds. The van der Waals surface area contributed by atoms with Gasteiger partial charge in [-0.2, -0.15) is 15.0 Å². The van der Waals surface area contributed by atoms with Gasteiger partial charge in [0.2, 0.25) is 0 Å². The maximum absolute atomic E-state index is 12.5. The summed E-state index contributed by atoms with van der Waals surface area (Å²) in [6.07, 6.45) is 2.10. The Hall–Kier alpha value is -2.45. The third-order valence-corrected chi connectivity index (χ3v) is 5.42. The SMILES string of the molecule is Cn1nc2cccc(NC(=O)N[C@H]3CCCN(Cc4cccs4)C3)c2n1. The van der Waals surface area contributed by atoms with E-state index in [0.29, 0.717) is 11.2 Å². The zero-order valence-corrected chi connectivity index (χ0v) is 15.5. The first-order valence-corrected chi connectivity index (χ1v) is 9.67. The number of rotatable bonds is 4. The number of amides is 2. The van der Waals surface area contributed by atoms with E-state index in [1.54, 1.807) is 18.4 Å². The van der Waals surface area contributed by atoms with Crippen molar-refractivity contribution in [3.8, 4) is 0 Å². The van der Waals surface area contributed by atoms with Crippen LogP contribution in [0.5, 0.6) is 0 Å². The molecule has 1 aliphatic rings. The third-order valence-electron chi connectivity index (χ3n) is 4.56. The third kappa shape index (κ3) is 3.86. The summed E-state index contributed by atoms with van der Waals surface area (Å²) in [4.78, 5) is 17.7. The van der Waals surface area contributed by atoms with E-state index in [-0.39, 0.29) is 12.1 Å². The summed E-state index contributed by atoms with van der Waals surface area (Å²) in [5.41, 5.74) is 2.15. The van der Waals surface area contributed by atoms with Crippen LogP contribution >= 0.6 is 11.3 Å². The van der Waals surface area contributed by atoms with E-state index in [1.165, 1.54) is 9.67 Å². The number of nitrogens with zero attached hydrogens (tertiary/aromatic N) is 4. The summed E-state index contributed by atoms with van der Waals surface area (Å²) >= 11 is 1.78. The van der Waals surface area contributed by atoms with Gasteiger partial charge in [-0.1, -0.05) is 12.1 Å². The minimum absolute atomic E-state index is 0.157. The molecular formula is C18H22N6OS. The first kappa shape index (κ1) is 17.0. The maximum Gasteiger partial charge on any atom is 0.319 e. The van der Waals surface area contributed by atoms with Gasteiger partial charge in [0.1, 0.15) is 11.0 Å². The molecule has 0 spiro atoms. The number of hydrogen-bond acceptors (Lipinski definition) is 5. The second-order valence-electron chi connectivity index (χ2n) is 6.61. The molecule has 1 aromatic carbocycles. The zero-order valence-electron chi connectivity index (χ0n) is 14.7. The molecule has 1 atom stereocenters. The molecule has 0 bridgehead atoms. The molecule has 7 nitrogen and oxygen atoms in total. The van der Waals surface area contributed by atoms with Crippen LogP contribution in [-0.4, -0.2) is 45.1 Å².